The van der Waals surface area contributed by atoms with Gasteiger partial charge in [-0.3, -0.25) is 4.79 Å². The van der Waals surface area contributed by atoms with Gasteiger partial charge in [-0.15, -0.1) is 0 Å². The summed E-state index contributed by atoms with van der Waals surface area (Å²) in [6.45, 7) is 5.88. The lowest BCUT2D eigenvalue weighted by atomic mass is 9.86. The highest BCUT2D eigenvalue weighted by Gasteiger charge is 2.38. The van der Waals surface area contributed by atoms with Gasteiger partial charge in [0, 0.05) is 19.0 Å². The van der Waals surface area contributed by atoms with Gasteiger partial charge in [-0.05, 0) is 26.3 Å². The van der Waals surface area contributed by atoms with Crippen molar-refractivity contribution in [2.75, 3.05) is 20.1 Å². The summed E-state index contributed by atoms with van der Waals surface area (Å²) in [5, 5.41) is 3.11. The van der Waals surface area contributed by atoms with E-state index >= 15 is 0 Å². The Labute approximate surface area is 115 Å². The maximum Gasteiger partial charge on any atom is 0.223 e. The summed E-state index contributed by atoms with van der Waals surface area (Å²) in [4.78, 5) is 14.8. The molecule has 5 heteroatoms. The van der Waals surface area contributed by atoms with Crippen LogP contribution in [0, 0.1) is 5.92 Å². The second-order valence-electron chi connectivity index (χ2n) is 5.43. The predicted octanol–water partition coefficient (Wildman–Crippen LogP) is 1.29. The summed E-state index contributed by atoms with van der Waals surface area (Å²) in [5.74, 6) is 0.107. The largest absolute Gasteiger partial charge is 0.391 e. The molecular weight excluding hydrogens is 246 g/mol. The lowest BCUT2D eigenvalue weighted by Crippen LogP contribution is -2.62. The number of thiocarbonyl (C=S) groups is 1. The molecule has 0 spiro atoms. The van der Waals surface area contributed by atoms with E-state index in [1.165, 1.54) is 0 Å². The Morgan fingerprint density at radius 3 is 2.50 bits per heavy atom. The summed E-state index contributed by atoms with van der Waals surface area (Å²) in [6, 6.07) is 0. The number of hydrogen-bond donors (Lipinski definition) is 2. The van der Waals surface area contributed by atoms with Crippen molar-refractivity contribution in [3.05, 3.63) is 0 Å². The van der Waals surface area contributed by atoms with Gasteiger partial charge < -0.3 is 16.0 Å². The lowest BCUT2D eigenvalue weighted by molar-refractivity contribution is -0.126. The lowest BCUT2D eigenvalue weighted by Gasteiger charge is -2.41. The molecule has 1 heterocycles. The maximum absolute atomic E-state index is 12.2. The van der Waals surface area contributed by atoms with Crippen LogP contribution in [0.1, 0.15) is 39.5 Å². The van der Waals surface area contributed by atoms with Crippen molar-refractivity contribution in [2.24, 2.45) is 11.7 Å². The average Bonchev–Trinajstić information content (AvgIpc) is 2.32. The molecule has 1 saturated heterocycles. The van der Waals surface area contributed by atoms with Crippen molar-refractivity contribution in [3.8, 4) is 0 Å². The number of carbonyl (C=O) groups is 1. The maximum atomic E-state index is 12.2. The first-order valence-corrected chi connectivity index (χ1v) is 7.12. The topological polar surface area (TPSA) is 58.4 Å². The Bertz CT molecular complexity index is 311. The molecule has 1 fully saturated rings. The Balaban J connectivity index is 2.69. The molecule has 0 aromatic heterocycles. The molecule has 4 nitrogen and oxygen atoms in total. The fourth-order valence-electron chi connectivity index (χ4n) is 2.36. The zero-order valence-corrected chi connectivity index (χ0v) is 12.5. The number of nitrogens with zero attached hydrogens (tertiary/aromatic N) is 1. The van der Waals surface area contributed by atoms with Crippen molar-refractivity contribution in [1.29, 1.82) is 0 Å². The van der Waals surface area contributed by atoms with Gasteiger partial charge in [0.2, 0.25) is 5.91 Å². The van der Waals surface area contributed by atoms with Crippen molar-refractivity contribution in [2.45, 2.75) is 45.1 Å². The first-order valence-electron chi connectivity index (χ1n) is 6.72. The van der Waals surface area contributed by atoms with Gasteiger partial charge in [-0.25, -0.2) is 0 Å². The van der Waals surface area contributed by atoms with Crippen LogP contribution in [0.15, 0.2) is 0 Å². The van der Waals surface area contributed by atoms with Crippen LogP contribution in [0.4, 0.5) is 0 Å². The minimum atomic E-state index is -0.471. The van der Waals surface area contributed by atoms with Crippen LogP contribution in [-0.2, 0) is 4.79 Å². The molecule has 0 radical (unpaired) electrons. The highest BCUT2D eigenvalue weighted by molar-refractivity contribution is 7.80. The molecule has 1 unspecified atom stereocenters. The van der Waals surface area contributed by atoms with E-state index in [9.17, 15) is 4.79 Å². The summed E-state index contributed by atoms with van der Waals surface area (Å²) >= 11 is 5.18. The minimum Gasteiger partial charge on any atom is -0.391 e. The predicted molar refractivity (Wildman–Crippen MR) is 78.5 cm³/mol. The Hall–Kier alpha value is -0.680. The molecule has 18 heavy (non-hydrogen) atoms. The molecule has 3 N–H and O–H groups in total. The number of likely N-dealkylation sites (tertiary alicyclic amines) is 1. The molecule has 1 atom stereocenters. The third kappa shape index (κ3) is 3.65. The number of carbonyl (C=O) groups excluding carboxylic acids is 1. The number of piperidine rings is 1. The van der Waals surface area contributed by atoms with Gasteiger partial charge in [0.15, 0.2) is 0 Å². The van der Waals surface area contributed by atoms with E-state index in [-0.39, 0.29) is 11.8 Å². The van der Waals surface area contributed by atoms with Crippen molar-refractivity contribution < 1.29 is 4.79 Å². The van der Waals surface area contributed by atoms with Gasteiger partial charge in [-0.1, -0.05) is 32.5 Å². The molecular formula is C13H25N3OS. The standard InChI is InChI=1S/C13H25N3OS/c1-4-5-10(2)11(17)15-13(12(14)18)6-8-16(3)9-7-13/h10H,4-9H2,1-3H3,(H2,14,18)(H,15,17). The van der Waals surface area contributed by atoms with E-state index in [4.69, 9.17) is 18.0 Å². The van der Waals surface area contributed by atoms with Gasteiger partial charge in [-0.2, -0.15) is 0 Å². The first kappa shape index (κ1) is 15.4. The van der Waals surface area contributed by atoms with Crippen molar-refractivity contribution in [3.63, 3.8) is 0 Å². The highest BCUT2D eigenvalue weighted by Crippen LogP contribution is 2.23. The van der Waals surface area contributed by atoms with E-state index < -0.39 is 5.54 Å². The number of nitrogens with two attached hydrogens (primary N) is 1. The summed E-state index contributed by atoms with van der Waals surface area (Å²) < 4.78 is 0. The third-order valence-electron chi connectivity index (χ3n) is 3.84. The molecule has 0 bridgehead atoms. The highest BCUT2D eigenvalue weighted by atomic mass is 32.1. The van der Waals surface area contributed by atoms with Crippen LogP contribution >= 0.6 is 12.2 Å². The molecule has 1 aliphatic rings. The molecule has 1 amide bonds. The van der Waals surface area contributed by atoms with Crippen molar-refractivity contribution >= 4 is 23.1 Å². The monoisotopic (exact) mass is 271 g/mol. The second-order valence-corrected chi connectivity index (χ2v) is 5.87. The van der Waals surface area contributed by atoms with Gasteiger partial charge >= 0.3 is 0 Å². The zero-order chi connectivity index (χ0) is 13.8. The van der Waals surface area contributed by atoms with E-state index in [2.05, 4.69) is 24.2 Å². The number of amides is 1. The van der Waals surface area contributed by atoms with Crippen LogP contribution in [-0.4, -0.2) is 41.5 Å². The normalized spacial score (nSPS) is 21.3. The second kappa shape index (κ2) is 6.48. The van der Waals surface area contributed by atoms with Crippen LogP contribution in [0.5, 0.6) is 0 Å². The van der Waals surface area contributed by atoms with Gasteiger partial charge in [0.1, 0.15) is 0 Å². The minimum absolute atomic E-state index is 0.0286. The molecule has 1 rings (SSSR count). The first-order chi connectivity index (χ1) is 8.41. The molecule has 0 aliphatic carbocycles. The number of nitrogens with one attached hydrogen (secondary N) is 1. The fourth-order valence-corrected chi connectivity index (χ4v) is 2.61. The quantitative estimate of drug-likeness (QED) is 0.740. The Kier molecular flexibility index (Phi) is 5.53. The molecule has 0 aromatic carbocycles. The van der Waals surface area contributed by atoms with Crippen LogP contribution in [0.2, 0.25) is 0 Å². The van der Waals surface area contributed by atoms with E-state index in [0.717, 1.165) is 38.8 Å². The number of rotatable bonds is 5. The average molecular weight is 271 g/mol. The van der Waals surface area contributed by atoms with Crippen LogP contribution in [0.25, 0.3) is 0 Å². The third-order valence-corrected chi connectivity index (χ3v) is 4.23. The molecule has 0 aromatic rings. The van der Waals surface area contributed by atoms with E-state index in [1.807, 2.05) is 6.92 Å². The smallest absolute Gasteiger partial charge is 0.223 e. The van der Waals surface area contributed by atoms with Crippen LogP contribution < -0.4 is 11.1 Å². The zero-order valence-electron chi connectivity index (χ0n) is 11.7. The summed E-state index contributed by atoms with van der Waals surface area (Å²) in [5.41, 5.74) is 5.40. The Morgan fingerprint density at radius 2 is 2.06 bits per heavy atom. The van der Waals surface area contributed by atoms with E-state index in [0.29, 0.717) is 4.99 Å². The van der Waals surface area contributed by atoms with Crippen molar-refractivity contribution in [1.82, 2.24) is 10.2 Å². The number of hydrogen-bond acceptors (Lipinski definition) is 3. The van der Waals surface area contributed by atoms with E-state index in [1.54, 1.807) is 0 Å². The van der Waals surface area contributed by atoms with Gasteiger partial charge in [0.05, 0.1) is 10.5 Å². The summed E-state index contributed by atoms with van der Waals surface area (Å²) in [7, 11) is 2.07. The Morgan fingerprint density at radius 1 is 1.50 bits per heavy atom. The SMILES string of the molecule is CCCC(C)C(=O)NC1(C(N)=S)CCN(C)CC1. The fraction of sp³-hybridized carbons (Fsp3) is 0.846. The molecule has 104 valence electrons. The summed E-state index contributed by atoms with van der Waals surface area (Å²) in [6.07, 6.45) is 3.53. The van der Waals surface area contributed by atoms with Gasteiger partial charge in [0.25, 0.3) is 0 Å². The molecule has 0 saturated carbocycles. The van der Waals surface area contributed by atoms with Crippen LogP contribution in [0.3, 0.4) is 0 Å². The molecule has 1 aliphatic heterocycles.